The predicted molar refractivity (Wildman–Crippen MR) is 56.5 cm³/mol. The zero-order chi connectivity index (χ0) is 9.68. The van der Waals surface area contributed by atoms with Crippen LogP contribution in [0.4, 0.5) is 0 Å². The first kappa shape index (κ1) is 10.1. The van der Waals surface area contributed by atoms with Crippen molar-refractivity contribution in [2.24, 2.45) is 0 Å². The lowest BCUT2D eigenvalue weighted by molar-refractivity contribution is 0.257. The maximum absolute atomic E-state index is 5.26. The summed E-state index contributed by atoms with van der Waals surface area (Å²) in [5.41, 5.74) is 4.00. The molecule has 0 fully saturated rings. The molecule has 0 saturated heterocycles. The van der Waals surface area contributed by atoms with Crippen LogP contribution in [0.2, 0.25) is 0 Å². The molecule has 0 atom stereocenters. The van der Waals surface area contributed by atoms with Crippen molar-refractivity contribution in [3.05, 3.63) is 35.6 Å². The molecule has 1 heterocycles. The van der Waals surface area contributed by atoms with Crippen LogP contribution < -0.4 is 0 Å². The Kier molecular flexibility index (Phi) is 3.81. The van der Waals surface area contributed by atoms with E-state index in [4.69, 9.17) is 4.74 Å². The summed E-state index contributed by atoms with van der Waals surface area (Å²) in [5, 5.41) is 0. The minimum absolute atomic E-state index is 0.763. The summed E-state index contributed by atoms with van der Waals surface area (Å²) in [6, 6.07) is 0. The van der Waals surface area contributed by atoms with Crippen LogP contribution in [0.3, 0.4) is 0 Å². The third-order valence-corrected chi connectivity index (χ3v) is 2.47. The first-order chi connectivity index (χ1) is 6.29. The summed E-state index contributed by atoms with van der Waals surface area (Å²) in [4.78, 5) is 0. The van der Waals surface area contributed by atoms with Crippen molar-refractivity contribution in [2.45, 2.75) is 33.1 Å². The molecule has 0 saturated carbocycles. The molecule has 13 heavy (non-hydrogen) atoms. The maximum atomic E-state index is 5.26. The van der Waals surface area contributed by atoms with Crippen molar-refractivity contribution in [1.82, 2.24) is 0 Å². The van der Waals surface area contributed by atoms with Gasteiger partial charge in [0, 0.05) is 6.42 Å². The van der Waals surface area contributed by atoms with Gasteiger partial charge in [0.05, 0.1) is 12.9 Å². The molecule has 0 aromatic rings. The van der Waals surface area contributed by atoms with Crippen LogP contribution in [0.5, 0.6) is 0 Å². The Morgan fingerprint density at radius 2 is 2.15 bits per heavy atom. The van der Waals surface area contributed by atoms with E-state index in [1.807, 2.05) is 0 Å². The van der Waals surface area contributed by atoms with E-state index >= 15 is 0 Å². The van der Waals surface area contributed by atoms with E-state index in [0.717, 1.165) is 25.9 Å². The van der Waals surface area contributed by atoms with E-state index in [-0.39, 0.29) is 0 Å². The quantitative estimate of drug-likeness (QED) is 0.628. The first-order valence-corrected chi connectivity index (χ1v) is 4.97. The van der Waals surface area contributed by atoms with E-state index in [1.165, 1.54) is 16.7 Å². The highest BCUT2D eigenvalue weighted by Crippen LogP contribution is 2.24. The number of allylic oxidation sites excluding steroid dienone is 3. The average molecular weight is 178 g/mol. The third kappa shape index (κ3) is 2.48. The van der Waals surface area contributed by atoms with Gasteiger partial charge in [0.1, 0.15) is 0 Å². The molecular weight excluding hydrogens is 160 g/mol. The first-order valence-electron chi connectivity index (χ1n) is 4.97. The van der Waals surface area contributed by atoms with E-state index in [0.29, 0.717) is 0 Å². The molecule has 0 amide bonds. The Morgan fingerprint density at radius 3 is 2.77 bits per heavy atom. The predicted octanol–water partition coefficient (Wildman–Crippen LogP) is 3.59. The van der Waals surface area contributed by atoms with Crippen molar-refractivity contribution in [2.75, 3.05) is 6.61 Å². The van der Waals surface area contributed by atoms with Crippen LogP contribution in [0, 0.1) is 0 Å². The van der Waals surface area contributed by atoms with Crippen LogP contribution in [0.15, 0.2) is 35.6 Å². The van der Waals surface area contributed by atoms with Gasteiger partial charge in [0.25, 0.3) is 0 Å². The molecule has 0 bridgehead atoms. The number of ether oxygens (including phenoxy) is 1. The van der Waals surface area contributed by atoms with Crippen LogP contribution in [0.25, 0.3) is 0 Å². The Morgan fingerprint density at radius 1 is 1.46 bits per heavy atom. The second kappa shape index (κ2) is 4.90. The van der Waals surface area contributed by atoms with Gasteiger partial charge in [-0.1, -0.05) is 26.0 Å². The standard InChI is InChI=1S/C12H18O/c1-4-11(5-2)12-7-9-13-8-6-10(12)3/h7,9H,3-6,8H2,1-2H3. The lowest BCUT2D eigenvalue weighted by Crippen LogP contribution is -1.92. The smallest absolute Gasteiger partial charge is 0.0913 e. The number of hydrogen-bond donors (Lipinski definition) is 0. The summed E-state index contributed by atoms with van der Waals surface area (Å²) < 4.78 is 5.26. The topological polar surface area (TPSA) is 9.23 Å². The molecule has 1 heteroatoms. The molecule has 1 nitrogen and oxygen atoms in total. The fourth-order valence-corrected chi connectivity index (χ4v) is 1.62. The van der Waals surface area contributed by atoms with E-state index in [2.05, 4.69) is 26.5 Å². The minimum atomic E-state index is 0.763. The summed E-state index contributed by atoms with van der Waals surface area (Å²) in [6.45, 7) is 9.23. The van der Waals surface area contributed by atoms with Gasteiger partial charge in [0.2, 0.25) is 0 Å². The van der Waals surface area contributed by atoms with Gasteiger partial charge >= 0.3 is 0 Å². The molecule has 0 aliphatic carbocycles. The zero-order valence-electron chi connectivity index (χ0n) is 8.60. The highest BCUT2D eigenvalue weighted by atomic mass is 16.5. The van der Waals surface area contributed by atoms with Gasteiger partial charge < -0.3 is 4.74 Å². The van der Waals surface area contributed by atoms with Crippen molar-refractivity contribution in [3.8, 4) is 0 Å². The average Bonchev–Trinajstić information content (AvgIpc) is 2.34. The molecular formula is C12H18O. The Balaban J connectivity index is 2.96. The molecule has 0 unspecified atom stereocenters. The highest BCUT2D eigenvalue weighted by Gasteiger charge is 2.07. The zero-order valence-corrected chi connectivity index (χ0v) is 8.60. The van der Waals surface area contributed by atoms with Crippen molar-refractivity contribution in [3.63, 3.8) is 0 Å². The van der Waals surface area contributed by atoms with Crippen LogP contribution in [-0.4, -0.2) is 6.61 Å². The Bertz CT molecular complexity index is 240. The molecule has 0 radical (unpaired) electrons. The lowest BCUT2D eigenvalue weighted by Gasteiger charge is -2.09. The number of hydrogen-bond acceptors (Lipinski definition) is 1. The fourth-order valence-electron chi connectivity index (χ4n) is 1.62. The molecule has 0 aromatic carbocycles. The van der Waals surface area contributed by atoms with E-state index in [1.54, 1.807) is 6.26 Å². The van der Waals surface area contributed by atoms with Crippen molar-refractivity contribution >= 4 is 0 Å². The van der Waals surface area contributed by atoms with Crippen LogP contribution in [-0.2, 0) is 4.74 Å². The third-order valence-electron chi connectivity index (χ3n) is 2.47. The summed E-state index contributed by atoms with van der Waals surface area (Å²) in [7, 11) is 0. The second-order valence-corrected chi connectivity index (χ2v) is 3.25. The van der Waals surface area contributed by atoms with Crippen LogP contribution in [0.1, 0.15) is 33.1 Å². The van der Waals surface area contributed by atoms with Gasteiger partial charge in [-0.25, -0.2) is 0 Å². The highest BCUT2D eigenvalue weighted by molar-refractivity contribution is 5.42. The molecule has 72 valence electrons. The molecule has 0 aromatic heterocycles. The van der Waals surface area contributed by atoms with E-state index in [9.17, 15) is 0 Å². The fraction of sp³-hybridized carbons (Fsp3) is 0.500. The summed E-state index contributed by atoms with van der Waals surface area (Å²) in [5.74, 6) is 0. The molecule has 0 spiro atoms. The van der Waals surface area contributed by atoms with Gasteiger partial charge in [0.15, 0.2) is 0 Å². The molecule has 1 aliphatic heterocycles. The summed E-state index contributed by atoms with van der Waals surface area (Å²) in [6.07, 6.45) is 7.01. The van der Waals surface area contributed by atoms with Crippen LogP contribution >= 0.6 is 0 Å². The maximum Gasteiger partial charge on any atom is 0.0913 e. The molecule has 1 rings (SSSR count). The monoisotopic (exact) mass is 178 g/mol. The summed E-state index contributed by atoms with van der Waals surface area (Å²) >= 11 is 0. The molecule has 1 aliphatic rings. The number of rotatable bonds is 2. The normalized spacial score (nSPS) is 16.8. The van der Waals surface area contributed by atoms with E-state index < -0.39 is 0 Å². The van der Waals surface area contributed by atoms with Gasteiger partial charge in [-0.05, 0) is 30.1 Å². The van der Waals surface area contributed by atoms with Gasteiger partial charge in [-0.2, -0.15) is 0 Å². The Labute approximate surface area is 80.8 Å². The minimum Gasteiger partial charge on any atom is -0.501 e. The Hall–Kier alpha value is -0.980. The second-order valence-electron chi connectivity index (χ2n) is 3.25. The van der Waals surface area contributed by atoms with Crippen molar-refractivity contribution in [1.29, 1.82) is 0 Å². The van der Waals surface area contributed by atoms with Gasteiger partial charge in [-0.15, -0.1) is 0 Å². The van der Waals surface area contributed by atoms with Gasteiger partial charge in [-0.3, -0.25) is 0 Å². The van der Waals surface area contributed by atoms with Crippen molar-refractivity contribution < 1.29 is 4.74 Å². The SMILES string of the molecule is C=C1CCOC=CC1=C(CC)CC. The lowest BCUT2D eigenvalue weighted by atomic mass is 9.96. The molecule has 0 N–H and O–H groups in total. The largest absolute Gasteiger partial charge is 0.501 e.